The number of aryl methyl sites for hydroxylation is 1. The predicted octanol–water partition coefficient (Wildman–Crippen LogP) is 7.40. The topological polar surface area (TPSA) is 93.5 Å². The molecule has 0 unspecified atom stereocenters. The second kappa shape index (κ2) is 13.2. The lowest BCUT2D eigenvalue weighted by Gasteiger charge is -2.16. The van der Waals surface area contributed by atoms with Gasteiger partial charge in [0.1, 0.15) is 16.8 Å². The molecule has 1 aromatic heterocycles. The van der Waals surface area contributed by atoms with Crippen molar-refractivity contribution in [1.29, 1.82) is 5.26 Å². The summed E-state index contributed by atoms with van der Waals surface area (Å²) >= 11 is 7.54. The van der Waals surface area contributed by atoms with Crippen LogP contribution in [-0.2, 0) is 4.79 Å². The number of para-hydroxylation sites is 1. The first-order chi connectivity index (χ1) is 19.4. The van der Waals surface area contributed by atoms with E-state index in [1.165, 1.54) is 18.9 Å². The zero-order valence-electron chi connectivity index (χ0n) is 22.6. The number of nitriles is 1. The monoisotopic (exact) mass is 573 g/mol. The molecule has 0 bridgehead atoms. The van der Waals surface area contributed by atoms with E-state index in [2.05, 4.69) is 11.4 Å². The van der Waals surface area contributed by atoms with E-state index < -0.39 is 0 Å². The van der Waals surface area contributed by atoms with Crippen LogP contribution in [-0.4, -0.2) is 38.0 Å². The second-order valence-electron chi connectivity index (χ2n) is 8.70. The third-order valence-electron chi connectivity index (χ3n) is 6.18. The third-order valence-corrected chi connectivity index (χ3v) is 7.57. The first-order valence-corrected chi connectivity index (χ1v) is 13.7. The summed E-state index contributed by atoms with van der Waals surface area (Å²) in [6, 6.07) is 22.9. The van der Waals surface area contributed by atoms with E-state index in [4.69, 9.17) is 30.8 Å². The molecule has 0 aliphatic carbocycles. The number of benzene rings is 3. The third kappa shape index (κ3) is 6.33. The molecule has 0 spiro atoms. The van der Waals surface area contributed by atoms with Crippen LogP contribution in [0.3, 0.4) is 0 Å². The van der Waals surface area contributed by atoms with E-state index in [9.17, 15) is 10.1 Å². The number of aromatic nitrogens is 1. The number of ether oxygens (including phenoxy) is 3. The average molecular weight is 574 g/mol. The molecule has 0 radical (unpaired) electrons. The SMILES string of the molecule is COc1cc(Cl)c(C)cc1NC(=O)CCSc1nc(-c2ccccc2)cc(-c2cccc(OC)c2OC)c1C#N. The van der Waals surface area contributed by atoms with E-state index in [-0.39, 0.29) is 12.3 Å². The van der Waals surface area contributed by atoms with Crippen molar-refractivity contribution >= 4 is 35.0 Å². The Balaban J connectivity index is 1.66. The molecule has 0 aliphatic heterocycles. The van der Waals surface area contributed by atoms with Crippen molar-refractivity contribution < 1.29 is 19.0 Å². The Morgan fingerprint density at radius 2 is 1.73 bits per heavy atom. The van der Waals surface area contributed by atoms with Gasteiger partial charge in [-0.15, -0.1) is 11.8 Å². The number of nitrogens with one attached hydrogen (secondary N) is 1. The Labute approximate surface area is 243 Å². The van der Waals surface area contributed by atoms with Crippen LogP contribution in [0.4, 0.5) is 5.69 Å². The minimum Gasteiger partial charge on any atom is -0.495 e. The maximum atomic E-state index is 12.8. The van der Waals surface area contributed by atoms with Crippen molar-refractivity contribution in [1.82, 2.24) is 4.98 Å². The number of hydrogen-bond donors (Lipinski definition) is 1. The number of halogens is 1. The first-order valence-electron chi connectivity index (χ1n) is 12.4. The quantitative estimate of drug-likeness (QED) is 0.198. The largest absolute Gasteiger partial charge is 0.495 e. The molecular weight excluding hydrogens is 546 g/mol. The summed E-state index contributed by atoms with van der Waals surface area (Å²) in [6.07, 6.45) is 0.190. The van der Waals surface area contributed by atoms with E-state index in [0.29, 0.717) is 61.1 Å². The minimum atomic E-state index is -0.195. The number of carbonyl (C=O) groups is 1. The molecule has 4 rings (SSSR count). The van der Waals surface area contributed by atoms with Gasteiger partial charge in [-0.1, -0.05) is 54.1 Å². The summed E-state index contributed by atoms with van der Waals surface area (Å²) in [7, 11) is 4.66. The lowest BCUT2D eigenvalue weighted by atomic mass is 9.98. The molecule has 1 heterocycles. The molecule has 1 N–H and O–H groups in total. The summed E-state index contributed by atoms with van der Waals surface area (Å²) in [6.45, 7) is 1.86. The molecule has 0 fully saturated rings. The number of anilines is 1. The Morgan fingerprint density at radius 3 is 2.40 bits per heavy atom. The van der Waals surface area contributed by atoms with E-state index in [0.717, 1.165) is 11.1 Å². The number of thioether (sulfide) groups is 1. The molecule has 40 heavy (non-hydrogen) atoms. The van der Waals surface area contributed by atoms with E-state index in [1.54, 1.807) is 32.4 Å². The number of carbonyl (C=O) groups excluding carboxylic acids is 1. The highest BCUT2D eigenvalue weighted by molar-refractivity contribution is 7.99. The zero-order valence-corrected chi connectivity index (χ0v) is 24.2. The number of methoxy groups -OCH3 is 3. The summed E-state index contributed by atoms with van der Waals surface area (Å²) in [5.74, 6) is 1.77. The molecule has 0 saturated heterocycles. The normalized spacial score (nSPS) is 10.5. The Morgan fingerprint density at radius 1 is 0.975 bits per heavy atom. The molecule has 0 saturated carbocycles. The van der Waals surface area contributed by atoms with Gasteiger partial charge in [0.15, 0.2) is 11.5 Å². The van der Waals surface area contributed by atoms with Crippen molar-refractivity contribution in [2.75, 3.05) is 32.4 Å². The molecule has 1 amide bonds. The summed E-state index contributed by atoms with van der Waals surface area (Å²) < 4.78 is 16.5. The van der Waals surface area contributed by atoms with Crippen LogP contribution >= 0.6 is 23.4 Å². The van der Waals surface area contributed by atoms with Crippen molar-refractivity contribution in [2.24, 2.45) is 0 Å². The highest BCUT2D eigenvalue weighted by Crippen LogP contribution is 2.42. The van der Waals surface area contributed by atoms with Gasteiger partial charge >= 0.3 is 0 Å². The standard InChI is InChI=1S/C31H28ClN3O4S/c1-19-15-26(28(38-3)17-24(19)32)34-29(36)13-14-40-31-23(18-33)22(16-25(35-31)20-9-6-5-7-10-20)21-11-8-12-27(37-2)30(21)39-4/h5-12,15-17H,13-14H2,1-4H3,(H,34,36). The van der Waals surface area contributed by atoms with Crippen LogP contribution in [0.15, 0.2) is 71.8 Å². The van der Waals surface area contributed by atoms with E-state index >= 15 is 0 Å². The molecule has 4 aromatic rings. The Kier molecular flexibility index (Phi) is 9.54. The number of nitrogens with zero attached hydrogens (tertiary/aromatic N) is 2. The lowest BCUT2D eigenvalue weighted by molar-refractivity contribution is -0.115. The van der Waals surface area contributed by atoms with Gasteiger partial charge in [0.2, 0.25) is 5.91 Å². The van der Waals surface area contributed by atoms with Crippen molar-refractivity contribution in [3.63, 3.8) is 0 Å². The van der Waals surface area contributed by atoms with Gasteiger partial charge in [-0.2, -0.15) is 5.26 Å². The molecule has 0 aliphatic rings. The van der Waals surface area contributed by atoms with E-state index in [1.807, 2.05) is 55.5 Å². The van der Waals surface area contributed by atoms with Gasteiger partial charge in [0, 0.05) is 40.0 Å². The Hall–Kier alpha value is -4.19. The fourth-order valence-electron chi connectivity index (χ4n) is 4.19. The Bertz CT molecular complexity index is 1570. The smallest absolute Gasteiger partial charge is 0.225 e. The van der Waals surface area contributed by atoms with Crippen molar-refractivity contribution in [2.45, 2.75) is 18.4 Å². The van der Waals surface area contributed by atoms with Gasteiger partial charge in [-0.05, 0) is 30.7 Å². The number of hydrogen-bond acceptors (Lipinski definition) is 7. The maximum absolute atomic E-state index is 12.8. The van der Waals surface area contributed by atoms with Crippen LogP contribution in [0.1, 0.15) is 17.5 Å². The first kappa shape index (κ1) is 28.8. The van der Waals surface area contributed by atoms with Crippen LogP contribution in [0, 0.1) is 18.3 Å². The van der Waals surface area contributed by atoms with Crippen LogP contribution in [0.2, 0.25) is 5.02 Å². The van der Waals surface area contributed by atoms with Crippen LogP contribution in [0.5, 0.6) is 17.2 Å². The highest BCUT2D eigenvalue weighted by Gasteiger charge is 2.21. The van der Waals surface area contributed by atoms with Crippen LogP contribution in [0.25, 0.3) is 22.4 Å². The molecule has 0 atom stereocenters. The average Bonchev–Trinajstić information content (AvgIpc) is 2.98. The maximum Gasteiger partial charge on any atom is 0.225 e. The molecular formula is C31H28ClN3O4S. The van der Waals surface area contributed by atoms with Crippen molar-refractivity contribution in [3.8, 4) is 45.7 Å². The lowest BCUT2D eigenvalue weighted by Crippen LogP contribution is -2.13. The van der Waals surface area contributed by atoms with Gasteiger partial charge < -0.3 is 19.5 Å². The number of amides is 1. The van der Waals surface area contributed by atoms with Gasteiger partial charge in [0.25, 0.3) is 0 Å². The second-order valence-corrected chi connectivity index (χ2v) is 10.2. The molecule has 7 nitrogen and oxygen atoms in total. The summed E-state index contributed by atoms with van der Waals surface area (Å²) in [4.78, 5) is 17.7. The fourth-order valence-corrected chi connectivity index (χ4v) is 5.28. The summed E-state index contributed by atoms with van der Waals surface area (Å²) in [5, 5.41) is 14.2. The fraction of sp³-hybridized carbons (Fsp3) is 0.194. The zero-order chi connectivity index (χ0) is 28.6. The number of rotatable bonds is 10. The molecule has 204 valence electrons. The van der Waals surface area contributed by atoms with Crippen molar-refractivity contribution in [3.05, 3.63) is 82.9 Å². The summed E-state index contributed by atoms with van der Waals surface area (Å²) in [5.41, 5.74) is 4.75. The highest BCUT2D eigenvalue weighted by atomic mass is 35.5. The molecule has 3 aromatic carbocycles. The number of pyridine rings is 1. The van der Waals surface area contributed by atoms with Gasteiger partial charge in [0.05, 0.1) is 38.3 Å². The van der Waals surface area contributed by atoms with Crippen LogP contribution < -0.4 is 19.5 Å². The van der Waals surface area contributed by atoms with Gasteiger partial charge in [-0.25, -0.2) is 4.98 Å². The minimum absolute atomic E-state index is 0.190. The molecule has 9 heteroatoms. The predicted molar refractivity (Wildman–Crippen MR) is 160 cm³/mol. The van der Waals surface area contributed by atoms with Gasteiger partial charge in [-0.3, -0.25) is 4.79 Å².